The maximum absolute atomic E-state index is 13.6. The Morgan fingerprint density at radius 1 is 1.29 bits per heavy atom. The number of halogens is 1. The molecule has 0 bridgehead atoms. The van der Waals surface area contributed by atoms with E-state index in [1.54, 1.807) is 0 Å². The summed E-state index contributed by atoms with van der Waals surface area (Å²) in [7, 11) is 0. The van der Waals surface area contributed by atoms with Gasteiger partial charge >= 0.3 is 5.97 Å². The van der Waals surface area contributed by atoms with Gasteiger partial charge in [0, 0.05) is 12.2 Å². The van der Waals surface area contributed by atoms with Crippen LogP contribution < -0.4 is 11.1 Å². The summed E-state index contributed by atoms with van der Waals surface area (Å²) < 4.78 is 13.6. The van der Waals surface area contributed by atoms with Crippen molar-refractivity contribution in [2.24, 2.45) is 11.1 Å². The minimum Gasteiger partial charge on any atom is -0.478 e. The fourth-order valence-corrected chi connectivity index (χ4v) is 2.78. The summed E-state index contributed by atoms with van der Waals surface area (Å²) in [4.78, 5) is 23.2. The molecule has 0 atom stereocenters. The summed E-state index contributed by atoms with van der Waals surface area (Å²) in [6.07, 6.45) is 4.46. The predicted octanol–water partition coefficient (Wildman–Crippen LogP) is 2.37. The van der Waals surface area contributed by atoms with Crippen molar-refractivity contribution in [1.82, 2.24) is 0 Å². The van der Waals surface area contributed by atoms with Crippen LogP contribution in [0.3, 0.4) is 0 Å². The molecular weight excluding hydrogens is 275 g/mol. The van der Waals surface area contributed by atoms with Crippen molar-refractivity contribution < 1.29 is 19.1 Å². The van der Waals surface area contributed by atoms with E-state index in [4.69, 9.17) is 10.8 Å². The first-order valence-electron chi connectivity index (χ1n) is 7.03. The van der Waals surface area contributed by atoms with Crippen molar-refractivity contribution in [3.05, 3.63) is 29.6 Å². The van der Waals surface area contributed by atoms with Crippen molar-refractivity contribution >= 4 is 17.6 Å². The average Bonchev–Trinajstić information content (AvgIpc) is 2.47. The average molecular weight is 294 g/mol. The van der Waals surface area contributed by atoms with Crippen LogP contribution in [0.5, 0.6) is 0 Å². The van der Waals surface area contributed by atoms with Crippen LogP contribution in [0.15, 0.2) is 18.2 Å². The number of nitrogens with one attached hydrogen (secondary N) is 1. The molecule has 1 amide bonds. The number of benzene rings is 1. The molecule has 0 unspecified atom stereocenters. The van der Waals surface area contributed by atoms with Gasteiger partial charge in [0.05, 0.1) is 11.0 Å². The highest BCUT2D eigenvalue weighted by atomic mass is 19.1. The third kappa shape index (κ3) is 3.21. The van der Waals surface area contributed by atoms with Crippen LogP contribution in [0.25, 0.3) is 0 Å². The van der Waals surface area contributed by atoms with E-state index in [1.807, 2.05) is 0 Å². The first-order valence-corrected chi connectivity index (χ1v) is 7.03. The molecule has 1 saturated carbocycles. The normalized spacial score (nSPS) is 17.2. The Kier molecular flexibility index (Phi) is 4.57. The zero-order valence-corrected chi connectivity index (χ0v) is 11.7. The molecule has 0 radical (unpaired) electrons. The molecule has 4 N–H and O–H groups in total. The second kappa shape index (κ2) is 6.22. The van der Waals surface area contributed by atoms with E-state index < -0.39 is 22.8 Å². The molecular formula is C15H19FN2O3. The van der Waals surface area contributed by atoms with Crippen LogP contribution in [0.4, 0.5) is 10.1 Å². The molecule has 1 aliphatic carbocycles. The number of rotatable bonds is 4. The Balaban J connectivity index is 2.15. The molecule has 0 aliphatic heterocycles. The molecule has 1 aromatic rings. The zero-order chi connectivity index (χ0) is 15.5. The minimum absolute atomic E-state index is 0.216. The van der Waals surface area contributed by atoms with E-state index in [-0.39, 0.29) is 18.1 Å². The number of amides is 1. The summed E-state index contributed by atoms with van der Waals surface area (Å²) in [6, 6.07) is 3.55. The van der Waals surface area contributed by atoms with Gasteiger partial charge in [0.2, 0.25) is 5.91 Å². The quantitative estimate of drug-likeness (QED) is 0.795. The molecule has 0 saturated heterocycles. The number of anilines is 1. The fourth-order valence-electron chi connectivity index (χ4n) is 2.78. The van der Waals surface area contributed by atoms with E-state index in [0.717, 1.165) is 44.2 Å². The maximum Gasteiger partial charge on any atom is 0.338 e. The monoisotopic (exact) mass is 294 g/mol. The fraction of sp³-hybridized carbons (Fsp3) is 0.467. The van der Waals surface area contributed by atoms with Crippen molar-refractivity contribution in [3.63, 3.8) is 0 Å². The van der Waals surface area contributed by atoms with Crippen LogP contribution in [0, 0.1) is 11.2 Å². The summed E-state index contributed by atoms with van der Waals surface area (Å²) in [6.45, 7) is 0.258. The SMILES string of the molecule is NCC1(C(=O)Nc2ccc(C(=O)O)c(F)c2)CCCCC1. The largest absolute Gasteiger partial charge is 0.478 e. The summed E-state index contributed by atoms with van der Waals surface area (Å²) in [5.41, 5.74) is 5.01. The summed E-state index contributed by atoms with van der Waals surface area (Å²) in [5.74, 6) is -2.42. The second-order valence-electron chi connectivity index (χ2n) is 5.50. The van der Waals surface area contributed by atoms with E-state index in [1.165, 1.54) is 6.07 Å². The zero-order valence-electron chi connectivity index (χ0n) is 11.7. The van der Waals surface area contributed by atoms with Crippen LogP contribution >= 0.6 is 0 Å². The Hall–Kier alpha value is -1.95. The van der Waals surface area contributed by atoms with Gasteiger partial charge in [-0.1, -0.05) is 19.3 Å². The molecule has 6 heteroatoms. The lowest BCUT2D eigenvalue weighted by Gasteiger charge is -2.34. The van der Waals surface area contributed by atoms with Crippen LogP contribution in [0.2, 0.25) is 0 Å². The Morgan fingerprint density at radius 3 is 2.48 bits per heavy atom. The van der Waals surface area contributed by atoms with Crippen molar-refractivity contribution in [2.45, 2.75) is 32.1 Å². The number of nitrogens with two attached hydrogens (primary N) is 1. The number of carboxylic acids is 1. The topological polar surface area (TPSA) is 92.4 Å². The molecule has 1 aromatic carbocycles. The lowest BCUT2D eigenvalue weighted by atomic mass is 9.73. The molecule has 0 aromatic heterocycles. The van der Waals surface area contributed by atoms with Crippen molar-refractivity contribution in [2.75, 3.05) is 11.9 Å². The molecule has 0 heterocycles. The number of hydrogen-bond acceptors (Lipinski definition) is 3. The number of carbonyl (C=O) groups is 2. The molecule has 21 heavy (non-hydrogen) atoms. The lowest BCUT2D eigenvalue weighted by Crippen LogP contribution is -2.43. The number of carbonyl (C=O) groups excluding carboxylic acids is 1. The van der Waals surface area contributed by atoms with Gasteiger partial charge in [0.15, 0.2) is 0 Å². The number of hydrogen-bond donors (Lipinski definition) is 3. The van der Waals surface area contributed by atoms with Gasteiger partial charge in [-0.3, -0.25) is 4.79 Å². The van der Waals surface area contributed by atoms with E-state index in [9.17, 15) is 14.0 Å². The molecule has 0 spiro atoms. The standard InChI is InChI=1S/C15H19FN2O3/c16-12-8-10(4-5-11(12)13(19)20)18-14(21)15(9-17)6-2-1-3-7-15/h4-5,8H,1-3,6-7,9,17H2,(H,18,21)(H,19,20). The second-order valence-corrected chi connectivity index (χ2v) is 5.50. The highest BCUT2D eigenvalue weighted by Crippen LogP contribution is 2.36. The lowest BCUT2D eigenvalue weighted by molar-refractivity contribution is -0.126. The first-order chi connectivity index (χ1) is 9.98. The van der Waals surface area contributed by atoms with Gasteiger partial charge in [-0.25, -0.2) is 9.18 Å². The van der Waals surface area contributed by atoms with Gasteiger partial charge in [0.1, 0.15) is 5.82 Å². The van der Waals surface area contributed by atoms with Crippen molar-refractivity contribution in [3.8, 4) is 0 Å². The highest BCUT2D eigenvalue weighted by molar-refractivity contribution is 5.96. The van der Waals surface area contributed by atoms with Gasteiger partial charge in [-0.05, 0) is 31.0 Å². The van der Waals surface area contributed by atoms with Gasteiger partial charge in [-0.15, -0.1) is 0 Å². The maximum atomic E-state index is 13.6. The molecule has 5 nitrogen and oxygen atoms in total. The Bertz CT molecular complexity index is 554. The molecule has 1 fully saturated rings. The van der Waals surface area contributed by atoms with Crippen LogP contribution in [-0.2, 0) is 4.79 Å². The third-order valence-electron chi connectivity index (χ3n) is 4.14. The third-order valence-corrected chi connectivity index (χ3v) is 4.14. The first kappa shape index (κ1) is 15.4. The van der Waals surface area contributed by atoms with E-state index >= 15 is 0 Å². The van der Waals surface area contributed by atoms with Crippen LogP contribution in [0.1, 0.15) is 42.5 Å². The predicted molar refractivity (Wildman–Crippen MR) is 76.6 cm³/mol. The number of carboxylic acid groups (broad SMARTS) is 1. The Labute approximate surface area is 122 Å². The summed E-state index contributed by atoms with van der Waals surface area (Å²) >= 11 is 0. The van der Waals surface area contributed by atoms with Crippen molar-refractivity contribution in [1.29, 1.82) is 0 Å². The minimum atomic E-state index is -1.34. The number of aromatic carboxylic acids is 1. The molecule has 1 aliphatic rings. The smallest absolute Gasteiger partial charge is 0.338 e. The van der Waals surface area contributed by atoms with E-state index in [0.29, 0.717) is 0 Å². The molecule has 114 valence electrons. The van der Waals surface area contributed by atoms with Crippen LogP contribution in [-0.4, -0.2) is 23.5 Å². The van der Waals surface area contributed by atoms with Gasteiger partial charge in [0.25, 0.3) is 0 Å². The summed E-state index contributed by atoms with van der Waals surface area (Å²) in [5, 5.41) is 11.4. The van der Waals surface area contributed by atoms with Gasteiger partial charge < -0.3 is 16.2 Å². The van der Waals surface area contributed by atoms with E-state index in [2.05, 4.69) is 5.32 Å². The highest BCUT2D eigenvalue weighted by Gasteiger charge is 2.38. The molecule has 2 rings (SSSR count). The van der Waals surface area contributed by atoms with Gasteiger partial charge in [-0.2, -0.15) is 0 Å². The Morgan fingerprint density at radius 2 is 1.95 bits per heavy atom.